The van der Waals surface area contributed by atoms with Crippen molar-refractivity contribution >= 4 is 28.1 Å². The minimum Gasteiger partial charge on any atom is -0.378 e. The average molecular weight is 290 g/mol. The summed E-state index contributed by atoms with van der Waals surface area (Å²) in [5.74, 6) is 0.0178. The molecule has 0 saturated heterocycles. The number of pyridine rings is 1. The minimum atomic E-state index is 0.0178. The molecule has 2 heterocycles. The van der Waals surface area contributed by atoms with Crippen molar-refractivity contribution in [1.29, 1.82) is 0 Å². The van der Waals surface area contributed by atoms with Crippen molar-refractivity contribution in [2.45, 2.75) is 27.3 Å². The van der Waals surface area contributed by atoms with Crippen LogP contribution in [0.15, 0.2) is 23.8 Å². The van der Waals surface area contributed by atoms with Crippen molar-refractivity contribution in [2.75, 3.05) is 16.8 Å². The number of hydrogen-bond acceptors (Lipinski definition) is 5. The number of nitrogens with zero attached hydrogens (tertiary/aromatic N) is 3. The summed E-state index contributed by atoms with van der Waals surface area (Å²) in [5, 5.41) is 6.00. The molecule has 0 spiro atoms. The second-order valence-electron chi connectivity index (χ2n) is 4.49. The zero-order valence-electron chi connectivity index (χ0n) is 11.9. The lowest BCUT2D eigenvalue weighted by molar-refractivity contribution is -0.116. The van der Waals surface area contributed by atoms with Gasteiger partial charge in [0, 0.05) is 31.2 Å². The Balaban J connectivity index is 2.01. The van der Waals surface area contributed by atoms with Crippen LogP contribution in [-0.4, -0.2) is 22.4 Å². The quantitative estimate of drug-likeness (QED) is 0.920. The Kier molecular flexibility index (Phi) is 4.68. The van der Waals surface area contributed by atoms with Gasteiger partial charge in [-0.1, -0.05) is 0 Å². The van der Waals surface area contributed by atoms with Crippen LogP contribution in [0, 0.1) is 6.92 Å². The standard InChI is InChI=1S/C14H18N4OS/c1-4-18(11(3)19)14-17-13(9-20-14)8-16-12-5-10(2)6-15-7-12/h5-7,9,16H,4,8H2,1-3H3. The SMILES string of the molecule is CCN(C(C)=O)c1nc(CNc2cncc(C)c2)cs1. The van der Waals surface area contributed by atoms with Gasteiger partial charge in [0.05, 0.1) is 17.9 Å². The van der Waals surface area contributed by atoms with Gasteiger partial charge in [0.15, 0.2) is 5.13 Å². The third-order valence-corrected chi connectivity index (χ3v) is 3.73. The Morgan fingerprint density at radius 2 is 2.25 bits per heavy atom. The van der Waals surface area contributed by atoms with Gasteiger partial charge in [0.2, 0.25) is 5.91 Å². The molecular weight excluding hydrogens is 272 g/mol. The van der Waals surface area contributed by atoms with Gasteiger partial charge in [-0.25, -0.2) is 4.98 Å². The van der Waals surface area contributed by atoms with Crippen LogP contribution in [0.3, 0.4) is 0 Å². The highest BCUT2D eigenvalue weighted by molar-refractivity contribution is 7.14. The second kappa shape index (κ2) is 6.47. The van der Waals surface area contributed by atoms with Gasteiger partial charge in [-0.05, 0) is 25.5 Å². The third-order valence-electron chi connectivity index (χ3n) is 2.82. The van der Waals surface area contributed by atoms with Crippen LogP contribution in [0.4, 0.5) is 10.8 Å². The lowest BCUT2D eigenvalue weighted by Crippen LogP contribution is -2.27. The van der Waals surface area contributed by atoms with Gasteiger partial charge in [-0.15, -0.1) is 11.3 Å². The first kappa shape index (κ1) is 14.5. The van der Waals surface area contributed by atoms with E-state index in [0.29, 0.717) is 13.1 Å². The molecule has 1 N–H and O–H groups in total. The minimum absolute atomic E-state index is 0.0178. The van der Waals surface area contributed by atoms with Crippen molar-refractivity contribution in [3.8, 4) is 0 Å². The van der Waals surface area contributed by atoms with Gasteiger partial charge >= 0.3 is 0 Å². The van der Waals surface area contributed by atoms with Crippen molar-refractivity contribution < 1.29 is 4.79 Å². The third kappa shape index (κ3) is 3.54. The predicted octanol–water partition coefficient (Wildman–Crippen LogP) is 2.83. The fourth-order valence-corrected chi connectivity index (χ4v) is 2.77. The molecule has 2 aromatic heterocycles. The number of carbonyl (C=O) groups is 1. The van der Waals surface area contributed by atoms with Gasteiger partial charge in [0.25, 0.3) is 0 Å². The molecule has 0 radical (unpaired) electrons. The Hall–Kier alpha value is -1.95. The van der Waals surface area contributed by atoms with Crippen LogP contribution in [0.1, 0.15) is 25.1 Å². The smallest absolute Gasteiger partial charge is 0.225 e. The highest BCUT2D eigenvalue weighted by atomic mass is 32.1. The fourth-order valence-electron chi connectivity index (χ4n) is 1.84. The summed E-state index contributed by atoms with van der Waals surface area (Å²) in [6.07, 6.45) is 3.60. The molecular formula is C14H18N4OS. The molecule has 5 nitrogen and oxygen atoms in total. The monoisotopic (exact) mass is 290 g/mol. The Morgan fingerprint density at radius 3 is 2.90 bits per heavy atom. The van der Waals surface area contributed by atoms with E-state index in [9.17, 15) is 4.79 Å². The fraction of sp³-hybridized carbons (Fsp3) is 0.357. The summed E-state index contributed by atoms with van der Waals surface area (Å²) >= 11 is 1.49. The zero-order valence-corrected chi connectivity index (χ0v) is 12.7. The normalized spacial score (nSPS) is 10.3. The molecule has 0 aromatic carbocycles. The van der Waals surface area contributed by atoms with Gasteiger partial charge < -0.3 is 5.32 Å². The number of thiazole rings is 1. The number of nitrogens with one attached hydrogen (secondary N) is 1. The molecule has 0 bridgehead atoms. The number of amides is 1. The van der Waals surface area contributed by atoms with E-state index >= 15 is 0 Å². The van der Waals surface area contributed by atoms with Gasteiger partial charge in [-0.3, -0.25) is 14.7 Å². The topological polar surface area (TPSA) is 58.1 Å². The largest absolute Gasteiger partial charge is 0.378 e. The molecule has 0 unspecified atom stereocenters. The zero-order chi connectivity index (χ0) is 14.5. The molecule has 0 saturated carbocycles. The first-order valence-electron chi connectivity index (χ1n) is 6.48. The molecule has 0 aliphatic carbocycles. The molecule has 2 rings (SSSR count). The molecule has 0 atom stereocenters. The number of hydrogen-bond donors (Lipinski definition) is 1. The van der Waals surface area contributed by atoms with E-state index in [1.54, 1.807) is 18.0 Å². The summed E-state index contributed by atoms with van der Waals surface area (Å²) in [6, 6.07) is 2.04. The van der Waals surface area contributed by atoms with Crippen LogP contribution in [0.2, 0.25) is 0 Å². The Labute approximate surface area is 122 Å². The maximum absolute atomic E-state index is 11.5. The number of anilines is 2. The molecule has 1 amide bonds. The maximum Gasteiger partial charge on any atom is 0.225 e. The number of aryl methyl sites for hydroxylation is 1. The van der Waals surface area contributed by atoms with Crippen LogP contribution < -0.4 is 10.2 Å². The van der Waals surface area contributed by atoms with E-state index in [2.05, 4.69) is 15.3 Å². The van der Waals surface area contributed by atoms with Gasteiger partial charge in [0.1, 0.15) is 0 Å². The van der Waals surface area contributed by atoms with E-state index in [1.807, 2.05) is 31.5 Å². The Morgan fingerprint density at radius 1 is 1.45 bits per heavy atom. The van der Waals surface area contributed by atoms with Crippen molar-refractivity contribution in [2.24, 2.45) is 0 Å². The molecule has 20 heavy (non-hydrogen) atoms. The van der Waals surface area contributed by atoms with E-state index in [0.717, 1.165) is 22.1 Å². The van der Waals surface area contributed by atoms with Crippen LogP contribution in [0.25, 0.3) is 0 Å². The van der Waals surface area contributed by atoms with Crippen molar-refractivity contribution in [3.63, 3.8) is 0 Å². The Bertz CT molecular complexity index is 596. The lowest BCUT2D eigenvalue weighted by Gasteiger charge is -2.14. The molecule has 0 fully saturated rings. The number of rotatable bonds is 5. The highest BCUT2D eigenvalue weighted by Crippen LogP contribution is 2.21. The summed E-state index contributed by atoms with van der Waals surface area (Å²) < 4.78 is 0. The van der Waals surface area contributed by atoms with Crippen LogP contribution >= 0.6 is 11.3 Å². The van der Waals surface area contributed by atoms with Crippen LogP contribution in [0.5, 0.6) is 0 Å². The summed E-state index contributed by atoms with van der Waals surface area (Å²) in [4.78, 5) is 21.8. The molecule has 106 valence electrons. The van der Waals surface area contributed by atoms with E-state index < -0.39 is 0 Å². The van der Waals surface area contributed by atoms with E-state index in [4.69, 9.17) is 0 Å². The second-order valence-corrected chi connectivity index (χ2v) is 5.33. The van der Waals surface area contributed by atoms with Crippen molar-refractivity contribution in [3.05, 3.63) is 35.1 Å². The lowest BCUT2D eigenvalue weighted by atomic mass is 10.3. The molecule has 6 heteroatoms. The predicted molar refractivity (Wildman–Crippen MR) is 82.1 cm³/mol. The van der Waals surface area contributed by atoms with E-state index in [-0.39, 0.29) is 5.91 Å². The van der Waals surface area contributed by atoms with E-state index in [1.165, 1.54) is 11.3 Å². The average Bonchev–Trinajstić information content (AvgIpc) is 2.85. The molecule has 2 aromatic rings. The number of aromatic nitrogens is 2. The van der Waals surface area contributed by atoms with Crippen molar-refractivity contribution in [1.82, 2.24) is 9.97 Å². The first-order chi connectivity index (χ1) is 9.60. The summed E-state index contributed by atoms with van der Waals surface area (Å²) in [6.45, 7) is 6.76. The summed E-state index contributed by atoms with van der Waals surface area (Å²) in [5.41, 5.74) is 3.01. The number of carbonyl (C=O) groups excluding carboxylic acids is 1. The van der Waals surface area contributed by atoms with Gasteiger partial charge in [-0.2, -0.15) is 0 Å². The first-order valence-corrected chi connectivity index (χ1v) is 7.36. The molecule has 0 aliphatic rings. The van der Waals surface area contributed by atoms with Crippen LogP contribution in [-0.2, 0) is 11.3 Å². The summed E-state index contributed by atoms with van der Waals surface area (Å²) in [7, 11) is 0. The highest BCUT2D eigenvalue weighted by Gasteiger charge is 2.13. The molecule has 0 aliphatic heterocycles. The maximum atomic E-state index is 11.5.